The fraction of sp³-hybridized carbons (Fsp3) is 0.364. The summed E-state index contributed by atoms with van der Waals surface area (Å²) in [6.07, 6.45) is 4.12. The molecule has 0 spiro atoms. The van der Waals surface area contributed by atoms with Crippen LogP contribution in [0.25, 0.3) is 10.2 Å². The number of carbonyl (C=O) groups is 1. The average Bonchev–Trinajstić information content (AvgIpc) is 3.35. The molecule has 4 rings (SSSR count). The molecule has 2 aromatic carbocycles. The van der Waals surface area contributed by atoms with Crippen LogP contribution in [0.1, 0.15) is 34.3 Å². The fourth-order valence-corrected chi connectivity index (χ4v) is 4.95. The number of rotatable bonds is 5. The molecule has 0 aliphatic carbocycles. The van der Waals surface area contributed by atoms with Crippen LogP contribution in [0.2, 0.25) is 0 Å². The van der Waals surface area contributed by atoms with E-state index in [9.17, 15) is 4.79 Å². The molecule has 3 aromatic rings. The molecule has 1 aliphatic rings. The first kappa shape index (κ1) is 19.4. The van der Waals surface area contributed by atoms with E-state index in [1.807, 2.05) is 35.4 Å². The monoisotopic (exact) mass is 412 g/mol. The van der Waals surface area contributed by atoms with Gasteiger partial charge in [0, 0.05) is 17.1 Å². The van der Waals surface area contributed by atoms with Crippen LogP contribution in [-0.2, 0) is 4.74 Å². The number of benzene rings is 2. The quantitative estimate of drug-likeness (QED) is 0.522. The molecular weight excluding hydrogens is 388 g/mol. The van der Waals surface area contributed by atoms with E-state index < -0.39 is 0 Å². The third kappa shape index (κ3) is 3.95. The second-order valence-electron chi connectivity index (χ2n) is 7.18. The molecular formula is C22H24N2O2S2. The highest BCUT2D eigenvalue weighted by Crippen LogP contribution is 2.32. The van der Waals surface area contributed by atoms with Gasteiger partial charge in [0.1, 0.15) is 0 Å². The van der Waals surface area contributed by atoms with Gasteiger partial charge in [0.05, 0.1) is 22.9 Å². The number of anilines is 1. The lowest BCUT2D eigenvalue weighted by atomic mass is 10.1. The van der Waals surface area contributed by atoms with Crippen molar-refractivity contribution in [2.24, 2.45) is 0 Å². The van der Waals surface area contributed by atoms with Gasteiger partial charge in [0.2, 0.25) is 0 Å². The minimum atomic E-state index is -0.0149. The zero-order valence-electron chi connectivity index (χ0n) is 16.4. The second kappa shape index (κ2) is 8.23. The van der Waals surface area contributed by atoms with Crippen LogP contribution in [0.3, 0.4) is 0 Å². The normalized spacial score (nSPS) is 16.6. The minimum Gasteiger partial charge on any atom is -0.376 e. The first-order valence-corrected chi connectivity index (χ1v) is 11.5. The summed E-state index contributed by atoms with van der Waals surface area (Å²) in [5, 5.41) is 0.745. The van der Waals surface area contributed by atoms with E-state index in [0.717, 1.165) is 39.7 Å². The Morgan fingerprint density at radius 1 is 1.29 bits per heavy atom. The Bertz CT molecular complexity index is 970. The lowest BCUT2D eigenvalue weighted by molar-refractivity contribution is 0.0917. The number of hydrogen-bond acceptors (Lipinski definition) is 5. The Kier molecular flexibility index (Phi) is 5.71. The molecule has 1 atom stereocenters. The van der Waals surface area contributed by atoms with E-state index in [1.54, 1.807) is 23.1 Å². The van der Waals surface area contributed by atoms with Gasteiger partial charge in [0.15, 0.2) is 5.13 Å². The van der Waals surface area contributed by atoms with Crippen LogP contribution < -0.4 is 4.90 Å². The van der Waals surface area contributed by atoms with Gasteiger partial charge in [-0.05, 0) is 74.4 Å². The molecule has 146 valence electrons. The Morgan fingerprint density at radius 3 is 2.86 bits per heavy atom. The number of thioether (sulfide) groups is 1. The molecule has 1 unspecified atom stereocenters. The van der Waals surface area contributed by atoms with E-state index in [0.29, 0.717) is 12.1 Å². The van der Waals surface area contributed by atoms with Crippen molar-refractivity contribution >= 4 is 44.4 Å². The van der Waals surface area contributed by atoms with Crippen molar-refractivity contribution in [1.82, 2.24) is 4.98 Å². The van der Waals surface area contributed by atoms with E-state index in [2.05, 4.69) is 26.0 Å². The molecule has 4 nitrogen and oxygen atoms in total. The van der Waals surface area contributed by atoms with E-state index >= 15 is 0 Å². The molecule has 0 bridgehead atoms. The number of amides is 1. The number of nitrogens with zero attached hydrogens (tertiary/aromatic N) is 2. The zero-order chi connectivity index (χ0) is 19.7. The summed E-state index contributed by atoms with van der Waals surface area (Å²) in [6.45, 7) is 5.52. The van der Waals surface area contributed by atoms with Gasteiger partial charge >= 0.3 is 0 Å². The van der Waals surface area contributed by atoms with Crippen molar-refractivity contribution in [3.63, 3.8) is 0 Å². The predicted molar refractivity (Wildman–Crippen MR) is 118 cm³/mol. The van der Waals surface area contributed by atoms with Crippen molar-refractivity contribution in [1.29, 1.82) is 0 Å². The molecule has 2 heterocycles. The summed E-state index contributed by atoms with van der Waals surface area (Å²) in [4.78, 5) is 21.1. The van der Waals surface area contributed by atoms with E-state index in [1.165, 1.54) is 11.1 Å². The summed E-state index contributed by atoms with van der Waals surface area (Å²) in [5.74, 6) is -0.0149. The SMILES string of the molecule is CSc1cccc(C(=O)N(CC2CCCO2)c2nc3cc(C)c(C)cc3s2)c1. The van der Waals surface area contributed by atoms with Gasteiger partial charge in [-0.25, -0.2) is 4.98 Å². The molecule has 0 radical (unpaired) electrons. The first-order valence-electron chi connectivity index (χ1n) is 9.50. The Labute approximate surface area is 173 Å². The number of fused-ring (bicyclic) bond motifs is 1. The number of aryl methyl sites for hydroxylation is 2. The highest BCUT2D eigenvalue weighted by molar-refractivity contribution is 7.98. The van der Waals surface area contributed by atoms with E-state index in [-0.39, 0.29) is 12.0 Å². The maximum atomic E-state index is 13.4. The Hall–Kier alpha value is -1.89. The van der Waals surface area contributed by atoms with Crippen LogP contribution >= 0.6 is 23.1 Å². The summed E-state index contributed by atoms with van der Waals surface area (Å²) >= 11 is 3.22. The maximum Gasteiger partial charge on any atom is 0.260 e. The molecule has 1 fully saturated rings. The van der Waals surface area contributed by atoms with Gasteiger partial charge in [0.25, 0.3) is 5.91 Å². The average molecular weight is 413 g/mol. The lowest BCUT2D eigenvalue weighted by Crippen LogP contribution is -2.37. The minimum absolute atomic E-state index is 0.0149. The standard InChI is InChI=1S/C22H24N2O2S2/c1-14-10-19-20(11-15(14)2)28-22(23-19)24(13-17-7-5-9-26-17)21(25)16-6-4-8-18(12-16)27-3/h4,6,8,10-12,17H,5,7,9,13H2,1-3H3. The number of ether oxygens (including phenoxy) is 1. The Balaban J connectivity index is 1.73. The van der Waals surface area contributed by atoms with E-state index in [4.69, 9.17) is 9.72 Å². The van der Waals surface area contributed by atoms with Gasteiger partial charge in [-0.15, -0.1) is 11.8 Å². The summed E-state index contributed by atoms with van der Waals surface area (Å²) in [6, 6.07) is 12.1. The molecule has 6 heteroatoms. The number of aromatic nitrogens is 1. The molecule has 1 saturated heterocycles. The van der Waals surface area contributed by atoms with Crippen molar-refractivity contribution in [2.45, 2.75) is 37.7 Å². The maximum absolute atomic E-state index is 13.4. The lowest BCUT2D eigenvalue weighted by Gasteiger charge is -2.23. The van der Waals surface area contributed by atoms with Gasteiger partial charge in [-0.3, -0.25) is 9.69 Å². The number of carbonyl (C=O) groups excluding carboxylic acids is 1. The number of thiazole rings is 1. The largest absolute Gasteiger partial charge is 0.376 e. The fourth-order valence-electron chi connectivity index (χ4n) is 3.44. The van der Waals surface area contributed by atoms with Crippen LogP contribution in [0, 0.1) is 13.8 Å². The molecule has 0 N–H and O–H groups in total. The summed E-state index contributed by atoms with van der Waals surface area (Å²) in [5.41, 5.74) is 4.10. The third-order valence-electron chi connectivity index (χ3n) is 5.20. The van der Waals surface area contributed by atoms with Crippen LogP contribution in [-0.4, -0.2) is 36.4 Å². The van der Waals surface area contributed by atoms with Gasteiger partial charge in [-0.2, -0.15) is 0 Å². The van der Waals surface area contributed by atoms with Crippen molar-refractivity contribution in [3.8, 4) is 0 Å². The predicted octanol–water partition coefficient (Wildman–Crippen LogP) is 5.46. The number of hydrogen-bond donors (Lipinski definition) is 0. The van der Waals surface area contributed by atoms with Crippen molar-refractivity contribution < 1.29 is 9.53 Å². The smallest absolute Gasteiger partial charge is 0.260 e. The first-order chi connectivity index (χ1) is 13.5. The zero-order valence-corrected chi connectivity index (χ0v) is 18.0. The van der Waals surface area contributed by atoms with Crippen LogP contribution in [0.15, 0.2) is 41.3 Å². The van der Waals surface area contributed by atoms with Crippen LogP contribution in [0.4, 0.5) is 5.13 Å². The molecule has 28 heavy (non-hydrogen) atoms. The van der Waals surface area contributed by atoms with Crippen molar-refractivity contribution in [2.75, 3.05) is 24.3 Å². The highest BCUT2D eigenvalue weighted by atomic mass is 32.2. The molecule has 1 aliphatic heterocycles. The third-order valence-corrected chi connectivity index (χ3v) is 6.96. The molecule has 1 amide bonds. The summed E-state index contributed by atoms with van der Waals surface area (Å²) < 4.78 is 6.94. The van der Waals surface area contributed by atoms with Crippen LogP contribution in [0.5, 0.6) is 0 Å². The highest BCUT2D eigenvalue weighted by Gasteiger charge is 2.27. The van der Waals surface area contributed by atoms with Gasteiger partial charge < -0.3 is 4.74 Å². The van der Waals surface area contributed by atoms with Gasteiger partial charge in [-0.1, -0.05) is 17.4 Å². The molecule has 1 aromatic heterocycles. The summed E-state index contributed by atoms with van der Waals surface area (Å²) in [7, 11) is 0. The van der Waals surface area contributed by atoms with Crippen molar-refractivity contribution in [3.05, 3.63) is 53.1 Å². The topological polar surface area (TPSA) is 42.4 Å². The molecule has 0 saturated carbocycles. The second-order valence-corrected chi connectivity index (χ2v) is 9.07. The Morgan fingerprint density at radius 2 is 2.11 bits per heavy atom.